The third-order valence-electron chi connectivity index (χ3n) is 3.34. The summed E-state index contributed by atoms with van der Waals surface area (Å²) in [7, 11) is 0. The van der Waals surface area contributed by atoms with Gasteiger partial charge < -0.3 is 4.84 Å². The van der Waals surface area contributed by atoms with Gasteiger partial charge in [0.1, 0.15) is 0 Å². The van der Waals surface area contributed by atoms with Crippen LogP contribution in [0.3, 0.4) is 0 Å². The molecule has 110 valence electrons. The van der Waals surface area contributed by atoms with Crippen LogP contribution in [0.4, 0.5) is 0 Å². The van der Waals surface area contributed by atoms with E-state index in [4.69, 9.17) is 16.4 Å². The molecule has 1 aliphatic rings. The zero-order valence-corrected chi connectivity index (χ0v) is 12.9. The van der Waals surface area contributed by atoms with Gasteiger partial charge in [0.25, 0.3) is 0 Å². The standard InChI is InChI=1S/C14H20ClN3O2/c1-14(2,3)13(19)20-18-8-4-10(5-9-18)11-12(15)17-7-6-16-11/h6-7,10H,4-5,8-9H2,1-3H3. The van der Waals surface area contributed by atoms with Gasteiger partial charge in [-0.25, -0.2) is 9.78 Å². The molecular formula is C14H20ClN3O2. The maximum atomic E-state index is 11.8. The van der Waals surface area contributed by atoms with Gasteiger partial charge in [0.05, 0.1) is 11.1 Å². The number of halogens is 1. The second-order valence-electron chi connectivity index (χ2n) is 6.06. The highest BCUT2D eigenvalue weighted by Crippen LogP contribution is 2.30. The number of carbonyl (C=O) groups is 1. The van der Waals surface area contributed by atoms with Gasteiger partial charge in [0.2, 0.25) is 0 Å². The van der Waals surface area contributed by atoms with Crippen LogP contribution in [0.1, 0.15) is 45.2 Å². The number of hydrogen-bond acceptors (Lipinski definition) is 5. The molecule has 0 aromatic carbocycles. The smallest absolute Gasteiger partial charge is 0.330 e. The molecule has 0 bridgehead atoms. The van der Waals surface area contributed by atoms with Gasteiger partial charge in [-0.15, -0.1) is 5.06 Å². The van der Waals surface area contributed by atoms with Gasteiger partial charge in [-0.3, -0.25) is 4.98 Å². The Morgan fingerprint density at radius 3 is 2.45 bits per heavy atom. The summed E-state index contributed by atoms with van der Waals surface area (Å²) >= 11 is 6.07. The molecule has 0 amide bonds. The number of piperidine rings is 1. The maximum Gasteiger partial charge on any atom is 0.330 e. The fourth-order valence-electron chi connectivity index (χ4n) is 2.08. The first-order valence-corrected chi connectivity index (χ1v) is 7.19. The molecule has 1 aliphatic heterocycles. The molecule has 0 saturated carbocycles. The highest BCUT2D eigenvalue weighted by Gasteiger charge is 2.29. The van der Waals surface area contributed by atoms with Gasteiger partial charge in [-0.1, -0.05) is 11.6 Å². The molecule has 1 fully saturated rings. The molecule has 0 atom stereocenters. The summed E-state index contributed by atoms with van der Waals surface area (Å²) in [6, 6.07) is 0. The van der Waals surface area contributed by atoms with E-state index >= 15 is 0 Å². The van der Waals surface area contributed by atoms with E-state index in [1.807, 2.05) is 20.8 Å². The predicted molar refractivity (Wildman–Crippen MR) is 76.1 cm³/mol. The Balaban J connectivity index is 1.90. The van der Waals surface area contributed by atoms with Crippen molar-refractivity contribution in [3.05, 3.63) is 23.2 Å². The largest absolute Gasteiger partial charge is 0.367 e. The van der Waals surface area contributed by atoms with Crippen molar-refractivity contribution in [2.75, 3.05) is 13.1 Å². The zero-order chi connectivity index (χ0) is 14.8. The van der Waals surface area contributed by atoms with Gasteiger partial charge in [0, 0.05) is 31.4 Å². The van der Waals surface area contributed by atoms with E-state index in [1.165, 1.54) is 0 Å². The number of hydroxylamine groups is 2. The average Bonchev–Trinajstić information content (AvgIpc) is 2.39. The minimum atomic E-state index is -0.481. The van der Waals surface area contributed by atoms with Crippen molar-refractivity contribution >= 4 is 17.6 Å². The van der Waals surface area contributed by atoms with Gasteiger partial charge >= 0.3 is 5.97 Å². The predicted octanol–water partition coefficient (Wildman–Crippen LogP) is 2.81. The number of rotatable bonds is 2. The van der Waals surface area contributed by atoms with Gasteiger partial charge in [-0.2, -0.15) is 0 Å². The van der Waals surface area contributed by atoms with Crippen molar-refractivity contribution in [1.29, 1.82) is 0 Å². The topological polar surface area (TPSA) is 55.3 Å². The van der Waals surface area contributed by atoms with Crippen molar-refractivity contribution < 1.29 is 9.63 Å². The molecule has 1 aromatic heterocycles. The lowest BCUT2D eigenvalue weighted by molar-refractivity contribution is -0.204. The Morgan fingerprint density at radius 1 is 1.30 bits per heavy atom. The summed E-state index contributed by atoms with van der Waals surface area (Å²) in [4.78, 5) is 25.6. The van der Waals surface area contributed by atoms with Crippen LogP contribution in [-0.4, -0.2) is 34.1 Å². The van der Waals surface area contributed by atoms with E-state index in [9.17, 15) is 4.79 Å². The highest BCUT2D eigenvalue weighted by atomic mass is 35.5. The van der Waals surface area contributed by atoms with Gasteiger partial charge in [-0.05, 0) is 33.6 Å². The lowest BCUT2D eigenvalue weighted by atomic mass is 9.94. The Hall–Kier alpha value is -1.20. The molecule has 0 unspecified atom stereocenters. The zero-order valence-electron chi connectivity index (χ0n) is 12.1. The molecule has 6 heteroatoms. The van der Waals surface area contributed by atoms with Crippen molar-refractivity contribution in [1.82, 2.24) is 15.0 Å². The van der Waals surface area contributed by atoms with E-state index < -0.39 is 5.41 Å². The molecule has 1 saturated heterocycles. The van der Waals surface area contributed by atoms with Crippen molar-refractivity contribution in [3.8, 4) is 0 Å². The van der Waals surface area contributed by atoms with E-state index in [1.54, 1.807) is 17.5 Å². The summed E-state index contributed by atoms with van der Waals surface area (Å²) in [5.41, 5.74) is 0.362. The van der Waals surface area contributed by atoms with E-state index in [0.717, 1.165) is 18.5 Å². The fraction of sp³-hybridized carbons (Fsp3) is 0.643. The third kappa shape index (κ3) is 3.67. The molecule has 0 radical (unpaired) electrons. The highest BCUT2D eigenvalue weighted by molar-refractivity contribution is 6.30. The summed E-state index contributed by atoms with van der Waals surface area (Å²) in [6.07, 6.45) is 4.96. The van der Waals surface area contributed by atoms with E-state index in [0.29, 0.717) is 18.2 Å². The normalized spacial score (nSPS) is 18.0. The van der Waals surface area contributed by atoms with Crippen LogP contribution in [0, 0.1) is 5.41 Å². The Labute approximate surface area is 124 Å². The first-order chi connectivity index (χ1) is 9.38. The molecule has 0 N–H and O–H groups in total. The minimum Gasteiger partial charge on any atom is -0.367 e. The Kier molecular flexibility index (Phi) is 4.60. The third-order valence-corrected chi connectivity index (χ3v) is 3.64. The summed E-state index contributed by atoms with van der Waals surface area (Å²) < 4.78 is 0. The van der Waals surface area contributed by atoms with Crippen LogP contribution in [-0.2, 0) is 9.63 Å². The molecular weight excluding hydrogens is 278 g/mol. The molecule has 1 aromatic rings. The lowest BCUT2D eigenvalue weighted by Gasteiger charge is -2.31. The molecule has 2 rings (SSSR count). The number of nitrogens with zero attached hydrogens (tertiary/aromatic N) is 3. The van der Waals surface area contributed by atoms with Gasteiger partial charge in [0.15, 0.2) is 5.15 Å². The van der Waals surface area contributed by atoms with Crippen LogP contribution in [0.15, 0.2) is 12.4 Å². The van der Waals surface area contributed by atoms with Crippen LogP contribution in [0.25, 0.3) is 0 Å². The summed E-state index contributed by atoms with van der Waals surface area (Å²) in [5.74, 6) is 0.0780. The molecule has 0 spiro atoms. The maximum absolute atomic E-state index is 11.8. The quantitative estimate of drug-likeness (QED) is 0.840. The number of carbonyl (C=O) groups excluding carboxylic acids is 1. The van der Waals surface area contributed by atoms with E-state index in [-0.39, 0.29) is 11.9 Å². The second kappa shape index (κ2) is 6.06. The van der Waals surface area contributed by atoms with Crippen molar-refractivity contribution in [3.63, 3.8) is 0 Å². The van der Waals surface area contributed by atoms with Crippen LogP contribution in [0.2, 0.25) is 5.15 Å². The Bertz CT molecular complexity index is 480. The molecule has 20 heavy (non-hydrogen) atoms. The van der Waals surface area contributed by atoms with Crippen molar-refractivity contribution in [2.45, 2.75) is 39.5 Å². The SMILES string of the molecule is CC(C)(C)C(=O)ON1CCC(c2nccnc2Cl)CC1. The number of hydrogen-bond donors (Lipinski definition) is 0. The van der Waals surface area contributed by atoms with Crippen LogP contribution < -0.4 is 0 Å². The first kappa shape index (κ1) is 15.2. The van der Waals surface area contributed by atoms with Crippen LogP contribution >= 0.6 is 11.6 Å². The first-order valence-electron chi connectivity index (χ1n) is 6.81. The summed E-state index contributed by atoms with van der Waals surface area (Å²) in [6.45, 7) is 6.93. The minimum absolute atomic E-state index is 0.200. The molecule has 5 nitrogen and oxygen atoms in total. The lowest BCUT2D eigenvalue weighted by Crippen LogP contribution is -2.38. The fourth-order valence-corrected chi connectivity index (χ4v) is 2.34. The molecule has 2 heterocycles. The Morgan fingerprint density at radius 2 is 1.90 bits per heavy atom. The van der Waals surface area contributed by atoms with Crippen molar-refractivity contribution in [2.24, 2.45) is 5.41 Å². The van der Waals surface area contributed by atoms with E-state index in [2.05, 4.69) is 9.97 Å². The van der Waals surface area contributed by atoms with Crippen LogP contribution in [0.5, 0.6) is 0 Å². The monoisotopic (exact) mass is 297 g/mol. The molecule has 0 aliphatic carbocycles. The average molecular weight is 298 g/mol. The number of aromatic nitrogens is 2. The summed E-state index contributed by atoms with van der Waals surface area (Å²) in [5, 5.41) is 2.20. The second-order valence-corrected chi connectivity index (χ2v) is 6.42.